The van der Waals surface area contributed by atoms with E-state index in [0.29, 0.717) is 0 Å². The van der Waals surface area contributed by atoms with Crippen LogP contribution in [-0.4, -0.2) is 33.4 Å². The molecule has 0 radical (unpaired) electrons. The quantitative estimate of drug-likeness (QED) is 0.310. The summed E-state index contributed by atoms with van der Waals surface area (Å²) in [6.45, 7) is -0.284. The molecule has 0 aliphatic rings. The van der Waals surface area contributed by atoms with Crippen molar-refractivity contribution >= 4 is 23.4 Å². The first-order valence-electron chi connectivity index (χ1n) is 3.93. The van der Waals surface area contributed by atoms with Gasteiger partial charge in [0.2, 0.25) is 0 Å². The van der Waals surface area contributed by atoms with Crippen LogP contribution in [0.2, 0.25) is 0 Å². The number of carboxylic acids is 1. The van der Waals surface area contributed by atoms with Gasteiger partial charge in [0.05, 0.1) is 6.20 Å². The second kappa shape index (κ2) is 4.22. The fourth-order valence-electron chi connectivity index (χ4n) is 0.862. The molecule has 0 amide bonds. The smallest absolute Gasteiger partial charge is 0.322 e. The summed E-state index contributed by atoms with van der Waals surface area (Å²) in [4.78, 5) is 17.8. The molecule has 8 nitrogen and oxygen atoms in total. The van der Waals surface area contributed by atoms with Crippen LogP contribution >= 0.6 is 0 Å². The number of aliphatic carboxylic acids is 1. The van der Waals surface area contributed by atoms with Gasteiger partial charge >= 0.3 is 5.97 Å². The van der Waals surface area contributed by atoms with E-state index in [-0.39, 0.29) is 29.7 Å². The zero-order chi connectivity index (χ0) is 11.4. The number of aromatic nitrogens is 2. The molecule has 1 rings (SSSR count). The van der Waals surface area contributed by atoms with Gasteiger partial charge in [-0.15, -0.1) is 0 Å². The van der Waals surface area contributed by atoms with Crippen LogP contribution in [0.3, 0.4) is 0 Å². The van der Waals surface area contributed by atoms with Crippen LogP contribution in [0.4, 0.5) is 11.6 Å². The molecule has 0 aliphatic heterocycles. The van der Waals surface area contributed by atoms with E-state index in [1.54, 1.807) is 0 Å². The summed E-state index contributed by atoms with van der Waals surface area (Å²) in [5.74, 6) is -1.10. The van der Waals surface area contributed by atoms with Crippen molar-refractivity contribution in [3.8, 4) is 0 Å². The van der Waals surface area contributed by atoms with Gasteiger partial charge in [-0.05, 0) is 0 Å². The number of nitrogens with zero attached hydrogens (tertiary/aromatic N) is 2. The highest BCUT2D eigenvalue weighted by Crippen LogP contribution is 2.08. The van der Waals surface area contributed by atoms with E-state index in [0.717, 1.165) is 0 Å². The summed E-state index contributed by atoms with van der Waals surface area (Å²) in [6, 6.07) is 0. The number of carboxylic acid groups (broad SMARTS) is 1. The average Bonchev–Trinajstić information content (AvgIpc) is 2.14. The third-order valence-electron chi connectivity index (χ3n) is 1.48. The van der Waals surface area contributed by atoms with E-state index in [1.807, 2.05) is 0 Å². The van der Waals surface area contributed by atoms with Gasteiger partial charge in [-0.3, -0.25) is 10.2 Å². The van der Waals surface area contributed by atoms with Crippen molar-refractivity contribution in [3.63, 3.8) is 0 Å². The van der Waals surface area contributed by atoms with Gasteiger partial charge in [0.15, 0.2) is 5.82 Å². The SMILES string of the molecule is N=C(N)c1ncc(NCC(=O)O)nc1N. The summed E-state index contributed by atoms with van der Waals surface area (Å²) in [5, 5.41) is 18.0. The number of amidine groups is 1. The second-order valence-corrected chi connectivity index (χ2v) is 2.65. The molecular formula is C7H10N6O2. The Labute approximate surface area is 84.8 Å². The molecule has 0 aromatic carbocycles. The molecule has 1 aromatic heterocycles. The first kappa shape index (κ1) is 10.7. The lowest BCUT2D eigenvalue weighted by atomic mass is 10.4. The van der Waals surface area contributed by atoms with Crippen LogP contribution in [0.25, 0.3) is 0 Å². The molecule has 0 spiro atoms. The summed E-state index contributed by atoms with van der Waals surface area (Å²) in [6.07, 6.45) is 1.26. The largest absolute Gasteiger partial charge is 0.480 e. The van der Waals surface area contributed by atoms with Crippen LogP contribution in [0, 0.1) is 5.41 Å². The Balaban J connectivity index is 2.82. The number of rotatable bonds is 4. The van der Waals surface area contributed by atoms with Crippen LogP contribution in [-0.2, 0) is 4.79 Å². The van der Waals surface area contributed by atoms with Crippen molar-refractivity contribution in [1.29, 1.82) is 5.41 Å². The Kier molecular flexibility index (Phi) is 3.01. The number of nitrogen functional groups attached to an aromatic ring is 2. The third kappa shape index (κ3) is 2.79. The molecule has 8 heteroatoms. The maximum atomic E-state index is 10.2. The van der Waals surface area contributed by atoms with Gasteiger partial charge in [0.25, 0.3) is 0 Å². The number of anilines is 2. The molecule has 0 fully saturated rings. The van der Waals surface area contributed by atoms with Crippen molar-refractivity contribution in [2.45, 2.75) is 0 Å². The van der Waals surface area contributed by atoms with E-state index in [4.69, 9.17) is 22.0 Å². The third-order valence-corrected chi connectivity index (χ3v) is 1.48. The summed E-state index contributed by atoms with van der Waals surface area (Å²) >= 11 is 0. The molecule has 1 heterocycles. The average molecular weight is 210 g/mol. The maximum Gasteiger partial charge on any atom is 0.322 e. The Morgan fingerprint density at radius 3 is 2.80 bits per heavy atom. The van der Waals surface area contributed by atoms with Crippen molar-refractivity contribution in [2.24, 2.45) is 5.73 Å². The minimum atomic E-state index is -1.02. The fourth-order valence-corrected chi connectivity index (χ4v) is 0.862. The molecule has 7 N–H and O–H groups in total. The van der Waals surface area contributed by atoms with E-state index >= 15 is 0 Å². The molecule has 0 atom stereocenters. The summed E-state index contributed by atoms with van der Waals surface area (Å²) in [7, 11) is 0. The number of hydrogen-bond acceptors (Lipinski definition) is 6. The Bertz CT molecular complexity index is 404. The fraction of sp³-hybridized carbons (Fsp3) is 0.143. The van der Waals surface area contributed by atoms with Crippen molar-refractivity contribution in [2.75, 3.05) is 17.6 Å². The van der Waals surface area contributed by atoms with Crippen LogP contribution in [0.15, 0.2) is 6.20 Å². The standard InChI is InChI=1S/C7H10N6O2/c8-6(9)5-7(10)13-3(1-12-5)11-2-4(14)15/h1H,2H2,(H3,8,9)(H,14,15)(H3,10,11,13). The van der Waals surface area contributed by atoms with Gasteiger partial charge in [0.1, 0.15) is 23.9 Å². The normalized spacial score (nSPS) is 9.60. The molecule has 0 unspecified atom stereocenters. The van der Waals surface area contributed by atoms with E-state index in [1.165, 1.54) is 6.20 Å². The molecule has 80 valence electrons. The second-order valence-electron chi connectivity index (χ2n) is 2.65. The lowest BCUT2D eigenvalue weighted by molar-refractivity contribution is -0.134. The Morgan fingerprint density at radius 2 is 2.33 bits per heavy atom. The van der Waals surface area contributed by atoms with Crippen LogP contribution in [0.1, 0.15) is 5.69 Å². The highest BCUT2D eigenvalue weighted by atomic mass is 16.4. The molecule has 0 aliphatic carbocycles. The molecule has 1 aromatic rings. The van der Waals surface area contributed by atoms with E-state index in [9.17, 15) is 4.79 Å². The van der Waals surface area contributed by atoms with E-state index in [2.05, 4.69) is 15.3 Å². The van der Waals surface area contributed by atoms with Gasteiger partial charge < -0.3 is 21.9 Å². The Morgan fingerprint density at radius 1 is 1.67 bits per heavy atom. The molecular weight excluding hydrogens is 200 g/mol. The van der Waals surface area contributed by atoms with Crippen molar-refractivity contribution in [3.05, 3.63) is 11.9 Å². The van der Waals surface area contributed by atoms with Gasteiger partial charge in [0, 0.05) is 0 Å². The first-order valence-corrected chi connectivity index (χ1v) is 3.93. The van der Waals surface area contributed by atoms with Crippen molar-refractivity contribution in [1.82, 2.24) is 9.97 Å². The highest BCUT2D eigenvalue weighted by molar-refractivity contribution is 5.97. The Hall–Kier alpha value is -2.38. The minimum Gasteiger partial charge on any atom is -0.480 e. The predicted molar refractivity (Wildman–Crippen MR) is 53.6 cm³/mol. The number of nitrogens with two attached hydrogens (primary N) is 2. The van der Waals surface area contributed by atoms with E-state index < -0.39 is 5.97 Å². The zero-order valence-electron chi connectivity index (χ0n) is 7.69. The zero-order valence-corrected chi connectivity index (χ0v) is 7.69. The van der Waals surface area contributed by atoms with Gasteiger partial charge in [-0.25, -0.2) is 9.97 Å². The minimum absolute atomic E-state index is 0.0158. The molecule has 15 heavy (non-hydrogen) atoms. The maximum absolute atomic E-state index is 10.2. The van der Waals surface area contributed by atoms with Gasteiger partial charge in [-0.1, -0.05) is 0 Å². The highest BCUT2D eigenvalue weighted by Gasteiger charge is 2.07. The number of nitrogens with one attached hydrogen (secondary N) is 2. The topological polar surface area (TPSA) is 151 Å². The first-order chi connectivity index (χ1) is 7.00. The van der Waals surface area contributed by atoms with Crippen LogP contribution in [0.5, 0.6) is 0 Å². The summed E-state index contributed by atoms with van der Waals surface area (Å²) < 4.78 is 0. The molecule has 0 bridgehead atoms. The van der Waals surface area contributed by atoms with Gasteiger partial charge in [-0.2, -0.15) is 0 Å². The van der Waals surface area contributed by atoms with Crippen LogP contribution < -0.4 is 16.8 Å². The number of hydrogen-bond donors (Lipinski definition) is 5. The lowest BCUT2D eigenvalue weighted by Crippen LogP contribution is -2.18. The summed E-state index contributed by atoms with van der Waals surface area (Å²) in [5.41, 5.74) is 10.7. The molecule has 0 saturated heterocycles. The monoisotopic (exact) mass is 210 g/mol. The lowest BCUT2D eigenvalue weighted by Gasteiger charge is -2.05. The number of carbonyl (C=O) groups is 1. The van der Waals surface area contributed by atoms with Crippen molar-refractivity contribution < 1.29 is 9.90 Å². The molecule has 0 saturated carbocycles. The predicted octanol–water partition coefficient (Wildman–Crippen LogP) is -1.16.